The van der Waals surface area contributed by atoms with Gasteiger partial charge in [0.25, 0.3) is 10.0 Å². The van der Waals surface area contributed by atoms with Crippen LogP contribution in [0.1, 0.15) is 18.1 Å². The Morgan fingerprint density at radius 2 is 2.27 bits per heavy atom. The quantitative estimate of drug-likeness (QED) is 0.767. The molecule has 2 aromatic heterocycles. The average Bonchev–Trinajstić information content (AvgIpc) is 3.17. The molecular weight excluding hydrogens is 320 g/mol. The Hall–Kier alpha value is -2.37. The molecule has 0 aliphatic carbocycles. The molecule has 6 nitrogen and oxygen atoms in total. The summed E-state index contributed by atoms with van der Waals surface area (Å²) >= 11 is 1.05. The Morgan fingerprint density at radius 1 is 1.45 bits per heavy atom. The molecule has 0 bridgehead atoms. The van der Waals surface area contributed by atoms with E-state index in [1.165, 1.54) is 11.7 Å². The van der Waals surface area contributed by atoms with Crippen molar-refractivity contribution >= 4 is 38.0 Å². The monoisotopic (exact) mass is 332 g/mol. The molecule has 0 aliphatic rings. The molecule has 0 fully saturated rings. The fourth-order valence-electron chi connectivity index (χ4n) is 2.32. The van der Waals surface area contributed by atoms with Gasteiger partial charge in [0.2, 0.25) is 0 Å². The minimum Gasteiger partial charge on any atom is -0.358 e. The van der Waals surface area contributed by atoms with Crippen molar-refractivity contribution < 1.29 is 8.42 Å². The molecule has 0 radical (unpaired) electrons. The van der Waals surface area contributed by atoms with Crippen LogP contribution in [0.4, 0.5) is 5.69 Å². The number of aryl methyl sites for hydroxylation is 1. The maximum atomic E-state index is 12.3. The summed E-state index contributed by atoms with van der Waals surface area (Å²) in [7, 11) is -3.68. The normalized spacial score (nSPS) is 11.5. The number of benzene rings is 1. The highest BCUT2D eigenvalue weighted by molar-refractivity contribution is 7.94. The molecule has 2 heterocycles. The first-order valence-corrected chi connectivity index (χ1v) is 8.87. The molecule has 22 heavy (non-hydrogen) atoms. The number of nitrogens with zero attached hydrogens (tertiary/aromatic N) is 2. The molecule has 3 rings (SSSR count). The van der Waals surface area contributed by atoms with E-state index in [1.54, 1.807) is 12.3 Å². The predicted molar refractivity (Wildman–Crippen MR) is 85.3 cm³/mol. The van der Waals surface area contributed by atoms with Crippen LogP contribution in [0.3, 0.4) is 0 Å². The standard InChI is InChI=1S/C14H12N4O2S2/c1-2-9-3-4-11(14-13(9)10(5-15)6-17-14)18-22(19,20)12-7-16-8-21-12/h3-4,6-8,17-18H,2H2,1H3. The highest BCUT2D eigenvalue weighted by atomic mass is 32.2. The van der Waals surface area contributed by atoms with Crippen molar-refractivity contribution in [3.05, 3.63) is 41.2 Å². The molecule has 0 unspecified atom stereocenters. The lowest BCUT2D eigenvalue weighted by Gasteiger charge is -2.09. The Morgan fingerprint density at radius 3 is 2.91 bits per heavy atom. The van der Waals surface area contributed by atoms with Gasteiger partial charge in [-0.1, -0.05) is 13.0 Å². The smallest absolute Gasteiger partial charge is 0.273 e. The van der Waals surface area contributed by atoms with E-state index >= 15 is 0 Å². The zero-order valence-electron chi connectivity index (χ0n) is 11.6. The summed E-state index contributed by atoms with van der Waals surface area (Å²) in [4.78, 5) is 6.77. The third-order valence-corrected chi connectivity index (χ3v) is 5.98. The summed E-state index contributed by atoms with van der Waals surface area (Å²) in [6, 6.07) is 5.67. The van der Waals surface area contributed by atoms with Crippen molar-refractivity contribution in [2.45, 2.75) is 17.6 Å². The van der Waals surface area contributed by atoms with Crippen LogP contribution in [0.5, 0.6) is 0 Å². The van der Waals surface area contributed by atoms with Gasteiger partial charge in [-0.05, 0) is 18.1 Å². The van der Waals surface area contributed by atoms with E-state index in [9.17, 15) is 13.7 Å². The second kappa shape index (κ2) is 5.44. The third-order valence-electron chi connectivity index (χ3n) is 3.34. The van der Waals surface area contributed by atoms with E-state index < -0.39 is 10.0 Å². The second-order valence-electron chi connectivity index (χ2n) is 4.62. The summed E-state index contributed by atoms with van der Waals surface area (Å²) < 4.78 is 27.3. The molecule has 3 aromatic rings. The fourth-order valence-corrected chi connectivity index (χ4v) is 4.19. The van der Waals surface area contributed by atoms with E-state index in [4.69, 9.17) is 0 Å². The Bertz CT molecular complexity index is 966. The summed E-state index contributed by atoms with van der Waals surface area (Å²) in [5.74, 6) is 0. The maximum absolute atomic E-state index is 12.3. The number of fused-ring (bicyclic) bond motifs is 1. The number of hydrogen-bond acceptors (Lipinski definition) is 5. The van der Waals surface area contributed by atoms with E-state index in [1.807, 2.05) is 13.0 Å². The molecule has 2 N–H and O–H groups in total. The van der Waals surface area contributed by atoms with Crippen LogP contribution in [-0.4, -0.2) is 18.4 Å². The summed E-state index contributed by atoms with van der Waals surface area (Å²) in [6.45, 7) is 1.99. The van der Waals surface area contributed by atoms with Crippen molar-refractivity contribution in [3.63, 3.8) is 0 Å². The number of sulfonamides is 1. The minimum absolute atomic E-state index is 0.146. The van der Waals surface area contributed by atoms with Gasteiger partial charge in [-0.2, -0.15) is 5.26 Å². The van der Waals surface area contributed by atoms with Crippen LogP contribution >= 0.6 is 11.3 Å². The third kappa shape index (κ3) is 2.34. The molecule has 0 amide bonds. The molecule has 1 aromatic carbocycles. The van der Waals surface area contributed by atoms with E-state index in [-0.39, 0.29) is 4.21 Å². The van der Waals surface area contributed by atoms with Crippen molar-refractivity contribution in [2.75, 3.05) is 4.72 Å². The number of aromatic nitrogens is 2. The van der Waals surface area contributed by atoms with Gasteiger partial charge in [-0.3, -0.25) is 9.71 Å². The molecule has 0 spiro atoms. The highest BCUT2D eigenvalue weighted by Gasteiger charge is 2.19. The minimum atomic E-state index is -3.68. The van der Waals surface area contributed by atoms with Crippen molar-refractivity contribution in [2.24, 2.45) is 0 Å². The van der Waals surface area contributed by atoms with Crippen LogP contribution in [0.25, 0.3) is 10.9 Å². The maximum Gasteiger partial charge on any atom is 0.273 e. The molecule has 0 atom stereocenters. The van der Waals surface area contributed by atoms with Gasteiger partial charge < -0.3 is 4.98 Å². The van der Waals surface area contributed by atoms with Crippen LogP contribution in [0.15, 0.2) is 34.2 Å². The van der Waals surface area contributed by atoms with E-state index in [0.717, 1.165) is 28.7 Å². The van der Waals surface area contributed by atoms with Gasteiger partial charge in [0.05, 0.1) is 28.5 Å². The van der Waals surface area contributed by atoms with Gasteiger partial charge in [0.1, 0.15) is 6.07 Å². The number of rotatable bonds is 4. The van der Waals surface area contributed by atoms with Crippen LogP contribution in [0, 0.1) is 11.3 Å². The van der Waals surface area contributed by atoms with Gasteiger partial charge in [0.15, 0.2) is 4.21 Å². The molecule has 112 valence electrons. The lowest BCUT2D eigenvalue weighted by Crippen LogP contribution is -2.12. The average molecular weight is 332 g/mol. The first-order valence-electron chi connectivity index (χ1n) is 6.51. The van der Waals surface area contributed by atoms with Crippen molar-refractivity contribution in [1.82, 2.24) is 9.97 Å². The highest BCUT2D eigenvalue weighted by Crippen LogP contribution is 2.31. The van der Waals surface area contributed by atoms with E-state index in [0.29, 0.717) is 16.8 Å². The fraction of sp³-hybridized carbons (Fsp3) is 0.143. The second-order valence-corrected chi connectivity index (χ2v) is 7.41. The zero-order valence-corrected chi connectivity index (χ0v) is 13.3. The Balaban J connectivity index is 2.14. The van der Waals surface area contributed by atoms with Crippen molar-refractivity contribution in [1.29, 1.82) is 5.26 Å². The lowest BCUT2D eigenvalue weighted by atomic mass is 10.0. The van der Waals surface area contributed by atoms with E-state index in [2.05, 4.69) is 20.8 Å². The number of thiazole rings is 1. The molecular formula is C14H12N4O2S2. The number of aromatic amines is 1. The zero-order chi connectivity index (χ0) is 15.7. The summed E-state index contributed by atoms with van der Waals surface area (Å²) in [5.41, 5.74) is 4.00. The van der Waals surface area contributed by atoms with Gasteiger partial charge in [0, 0.05) is 11.6 Å². The lowest BCUT2D eigenvalue weighted by molar-refractivity contribution is 0.603. The number of hydrogen-bond donors (Lipinski definition) is 2. The summed E-state index contributed by atoms with van der Waals surface area (Å²) in [5, 5.41) is 9.96. The number of anilines is 1. The van der Waals surface area contributed by atoms with Crippen molar-refractivity contribution in [3.8, 4) is 6.07 Å². The van der Waals surface area contributed by atoms with Gasteiger partial charge >= 0.3 is 0 Å². The Kier molecular flexibility index (Phi) is 3.60. The van der Waals surface area contributed by atoms with Crippen LogP contribution in [0.2, 0.25) is 0 Å². The summed E-state index contributed by atoms with van der Waals surface area (Å²) in [6.07, 6.45) is 3.65. The van der Waals surface area contributed by atoms with Crippen LogP contribution in [-0.2, 0) is 16.4 Å². The molecule has 0 aliphatic heterocycles. The first-order chi connectivity index (χ1) is 10.6. The molecule has 0 saturated carbocycles. The largest absolute Gasteiger partial charge is 0.358 e. The topological polar surface area (TPSA) is 98.6 Å². The van der Waals surface area contributed by atoms with Crippen LogP contribution < -0.4 is 4.72 Å². The van der Waals surface area contributed by atoms with Gasteiger partial charge in [-0.25, -0.2) is 8.42 Å². The Labute approximate surface area is 131 Å². The number of nitrogens with one attached hydrogen (secondary N) is 2. The number of H-pyrrole nitrogens is 1. The number of nitriles is 1. The van der Waals surface area contributed by atoms with Gasteiger partial charge in [-0.15, -0.1) is 11.3 Å². The molecule has 0 saturated heterocycles. The molecule has 8 heteroatoms. The predicted octanol–water partition coefficient (Wildman–Crippen LogP) is 2.86. The first kappa shape index (κ1) is 14.6. The SMILES string of the molecule is CCc1ccc(NS(=O)(=O)c2cncs2)c2[nH]cc(C#N)c12.